The Morgan fingerprint density at radius 1 is 1.24 bits per heavy atom. The molecule has 1 saturated heterocycles. The van der Waals surface area contributed by atoms with Gasteiger partial charge in [0.25, 0.3) is 0 Å². The Balaban J connectivity index is 1.63. The van der Waals surface area contributed by atoms with Crippen LogP contribution in [0.5, 0.6) is 0 Å². The third-order valence-electron chi connectivity index (χ3n) is 2.52. The van der Waals surface area contributed by atoms with Gasteiger partial charge in [0.2, 0.25) is 0 Å². The molecule has 2 nitrogen and oxygen atoms in total. The molecule has 0 bridgehead atoms. The fraction of sp³-hybridized carbons (Fsp3) is 0.462. The number of hydrogen-bond acceptors (Lipinski definition) is 4. The standard InChI is InChI=1S/C13H16O2S2/c14-13(11-5-2-1-3-6-11)15-8-4-7-12-16-9-10-17-12/h1-3,5-6,12H,4,7-10H2. The molecule has 0 saturated carbocycles. The van der Waals surface area contributed by atoms with E-state index in [4.69, 9.17) is 4.74 Å². The highest BCUT2D eigenvalue weighted by Gasteiger charge is 2.15. The normalized spacial score (nSPS) is 16.0. The Hall–Kier alpha value is -0.610. The summed E-state index contributed by atoms with van der Waals surface area (Å²) in [5.41, 5.74) is 0.636. The zero-order valence-corrected chi connectivity index (χ0v) is 11.3. The highest BCUT2D eigenvalue weighted by Crippen LogP contribution is 2.34. The molecule has 2 rings (SSSR count). The molecule has 1 fully saturated rings. The Morgan fingerprint density at radius 3 is 2.65 bits per heavy atom. The van der Waals surface area contributed by atoms with Gasteiger partial charge in [0.1, 0.15) is 0 Å². The Bertz CT molecular complexity index is 348. The van der Waals surface area contributed by atoms with E-state index in [9.17, 15) is 4.79 Å². The Morgan fingerprint density at radius 2 is 1.94 bits per heavy atom. The van der Waals surface area contributed by atoms with Crippen molar-refractivity contribution in [1.29, 1.82) is 0 Å². The summed E-state index contributed by atoms with van der Waals surface area (Å²) >= 11 is 4.04. The lowest BCUT2D eigenvalue weighted by atomic mass is 10.2. The van der Waals surface area contributed by atoms with E-state index in [0.717, 1.165) is 12.8 Å². The van der Waals surface area contributed by atoms with E-state index >= 15 is 0 Å². The lowest BCUT2D eigenvalue weighted by Crippen LogP contribution is -2.07. The zero-order valence-electron chi connectivity index (χ0n) is 9.63. The van der Waals surface area contributed by atoms with Crippen LogP contribution in [0.15, 0.2) is 30.3 Å². The van der Waals surface area contributed by atoms with E-state index in [0.29, 0.717) is 16.8 Å². The highest BCUT2D eigenvalue weighted by atomic mass is 32.2. The summed E-state index contributed by atoms with van der Waals surface area (Å²) in [6.07, 6.45) is 2.10. The molecule has 17 heavy (non-hydrogen) atoms. The molecule has 0 aliphatic carbocycles. The first-order valence-electron chi connectivity index (χ1n) is 5.81. The van der Waals surface area contributed by atoms with E-state index in [1.54, 1.807) is 12.1 Å². The van der Waals surface area contributed by atoms with Crippen molar-refractivity contribution in [1.82, 2.24) is 0 Å². The average molecular weight is 268 g/mol. The topological polar surface area (TPSA) is 26.3 Å². The van der Waals surface area contributed by atoms with Gasteiger partial charge in [-0.05, 0) is 25.0 Å². The summed E-state index contributed by atoms with van der Waals surface area (Å²) in [7, 11) is 0. The van der Waals surface area contributed by atoms with Crippen LogP contribution in [0.1, 0.15) is 23.2 Å². The molecule has 4 heteroatoms. The van der Waals surface area contributed by atoms with Gasteiger partial charge in [-0.25, -0.2) is 4.79 Å². The molecule has 0 radical (unpaired) electrons. The molecular weight excluding hydrogens is 252 g/mol. The van der Waals surface area contributed by atoms with Gasteiger partial charge in [-0.1, -0.05) is 18.2 Å². The van der Waals surface area contributed by atoms with Crippen LogP contribution in [-0.4, -0.2) is 28.7 Å². The molecule has 0 spiro atoms. The Labute approximate surface area is 111 Å². The maximum atomic E-state index is 11.6. The van der Waals surface area contributed by atoms with E-state index in [-0.39, 0.29) is 5.97 Å². The van der Waals surface area contributed by atoms with Crippen molar-refractivity contribution in [3.05, 3.63) is 35.9 Å². The maximum absolute atomic E-state index is 11.6. The minimum Gasteiger partial charge on any atom is -0.462 e. The molecule has 1 heterocycles. The summed E-state index contributed by atoms with van der Waals surface area (Å²) in [5.74, 6) is 2.32. The molecule has 0 amide bonds. The van der Waals surface area contributed by atoms with Gasteiger partial charge in [-0.3, -0.25) is 0 Å². The van der Waals surface area contributed by atoms with E-state index in [1.165, 1.54) is 11.5 Å². The van der Waals surface area contributed by atoms with Crippen molar-refractivity contribution < 1.29 is 9.53 Å². The number of thioether (sulfide) groups is 2. The molecule has 0 atom stereocenters. The third kappa shape index (κ3) is 4.28. The first-order valence-corrected chi connectivity index (χ1v) is 7.91. The highest BCUT2D eigenvalue weighted by molar-refractivity contribution is 8.20. The van der Waals surface area contributed by atoms with Gasteiger partial charge in [0, 0.05) is 11.5 Å². The number of hydrogen-bond donors (Lipinski definition) is 0. The second-order valence-electron chi connectivity index (χ2n) is 3.82. The fourth-order valence-corrected chi connectivity index (χ4v) is 4.57. The second kappa shape index (κ2) is 6.97. The van der Waals surface area contributed by atoms with Crippen molar-refractivity contribution >= 4 is 29.5 Å². The van der Waals surface area contributed by atoms with Crippen molar-refractivity contribution in [3.8, 4) is 0 Å². The molecule has 1 aliphatic heterocycles. The molecule has 1 aliphatic rings. The number of ether oxygens (including phenoxy) is 1. The summed E-state index contributed by atoms with van der Waals surface area (Å²) in [6, 6.07) is 9.16. The molecule has 0 N–H and O–H groups in total. The first-order chi connectivity index (χ1) is 8.36. The van der Waals surface area contributed by atoms with Crippen LogP contribution in [0.4, 0.5) is 0 Å². The lowest BCUT2D eigenvalue weighted by Gasteiger charge is -2.08. The van der Waals surface area contributed by atoms with Gasteiger partial charge in [0.05, 0.1) is 16.8 Å². The van der Waals surface area contributed by atoms with Crippen LogP contribution in [0, 0.1) is 0 Å². The predicted octanol–water partition coefficient (Wildman–Crippen LogP) is 3.43. The molecule has 1 aromatic rings. The number of carbonyl (C=O) groups is 1. The van der Waals surface area contributed by atoms with Crippen LogP contribution in [0.25, 0.3) is 0 Å². The van der Waals surface area contributed by atoms with Crippen LogP contribution >= 0.6 is 23.5 Å². The average Bonchev–Trinajstić information content (AvgIpc) is 2.88. The van der Waals surface area contributed by atoms with Crippen LogP contribution < -0.4 is 0 Å². The third-order valence-corrected chi connectivity index (χ3v) is 5.69. The van der Waals surface area contributed by atoms with Gasteiger partial charge in [-0.15, -0.1) is 23.5 Å². The summed E-state index contributed by atoms with van der Waals surface area (Å²) < 4.78 is 5.94. The van der Waals surface area contributed by atoms with Crippen molar-refractivity contribution in [2.45, 2.75) is 17.4 Å². The van der Waals surface area contributed by atoms with Crippen LogP contribution in [-0.2, 0) is 4.74 Å². The number of carbonyl (C=O) groups excluding carboxylic acids is 1. The van der Waals surface area contributed by atoms with Gasteiger partial charge < -0.3 is 4.74 Å². The van der Waals surface area contributed by atoms with E-state index in [2.05, 4.69) is 0 Å². The van der Waals surface area contributed by atoms with E-state index in [1.807, 2.05) is 41.7 Å². The quantitative estimate of drug-likeness (QED) is 0.604. The largest absolute Gasteiger partial charge is 0.462 e. The molecule has 0 aromatic heterocycles. The second-order valence-corrected chi connectivity index (χ2v) is 6.73. The van der Waals surface area contributed by atoms with Gasteiger partial charge in [-0.2, -0.15) is 0 Å². The number of esters is 1. The summed E-state index contributed by atoms with van der Waals surface area (Å²) in [5, 5.41) is 0. The summed E-state index contributed by atoms with van der Waals surface area (Å²) in [4.78, 5) is 11.6. The lowest BCUT2D eigenvalue weighted by molar-refractivity contribution is 0.0499. The molecular formula is C13H16O2S2. The minimum atomic E-state index is -0.211. The first kappa shape index (κ1) is 12.8. The van der Waals surface area contributed by atoms with Crippen molar-refractivity contribution in [2.75, 3.05) is 18.1 Å². The summed E-state index contributed by atoms with van der Waals surface area (Å²) in [6.45, 7) is 0.533. The Kier molecular flexibility index (Phi) is 5.26. The molecule has 0 unspecified atom stereocenters. The van der Waals surface area contributed by atoms with Crippen LogP contribution in [0.2, 0.25) is 0 Å². The zero-order chi connectivity index (χ0) is 11.9. The number of benzene rings is 1. The minimum absolute atomic E-state index is 0.211. The maximum Gasteiger partial charge on any atom is 0.338 e. The van der Waals surface area contributed by atoms with Crippen LogP contribution in [0.3, 0.4) is 0 Å². The van der Waals surface area contributed by atoms with Crippen molar-refractivity contribution in [2.24, 2.45) is 0 Å². The SMILES string of the molecule is O=C(OCCCC1SCCS1)c1ccccc1. The fourth-order valence-electron chi connectivity index (χ4n) is 1.65. The smallest absolute Gasteiger partial charge is 0.338 e. The van der Waals surface area contributed by atoms with Crippen molar-refractivity contribution in [3.63, 3.8) is 0 Å². The predicted molar refractivity (Wildman–Crippen MR) is 74.7 cm³/mol. The molecule has 92 valence electrons. The van der Waals surface area contributed by atoms with Gasteiger partial charge in [0.15, 0.2) is 0 Å². The molecule has 1 aromatic carbocycles. The monoisotopic (exact) mass is 268 g/mol. The number of rotatable bonds is 5. The van der Waals surface area contributed by atoms with Gasteiger partial charge >= 0.3 is 5.97 Å². The van der Waals surface area contributed by atoms with E-state index < -0.39 is 0 Å².